The van der Waals surface area contributed by atoms with Gasteiger partial charge in [0.15, 0.2) is 0 Å². The lowest BCUT2D eigenvalue weighted by Gasteiger charge is -2.13. The van der Waals surface area contributed by atoms with E-state index in [1.165, 1.54) is 4.68 Å². The summed E-state index contributed by atoms with van der Waals surface area (Å²) in [7, 11) is 0.720. The minimum Gasteiger partial charge on any atom is -0.378 e. The van der Waals surface area contributed by atoms with Crippen LogP contribution in [0.2, 0.25) is 0 Å². The lowest BCUT2D eigenvalue weighted by molar-refractivity contribution is 0.578. The second-order valence-corrected chi connectivity index (χ2v) is 7.23. The summed E-state index contributed by atoms with van der Waals surface area (Å²) in [5, 5.41) is 5.32. The highest BCUT2D eigenvalue weighted by Gasteiger charge is 2.08. The smallest absolute Gasteiger partial charge is 0.274 e. The third-order valence-corrected chi connectivity index (χ3v) is 3.95. The van der Waals surface area contributed by atoms with E-state index in [1.54, 1.807) is 12.3 Å². The van der Waals surface area contributed by atoms with Crippen molar-refractivity contribution in [2.24, 2.45) is 0 Å². The molecule has 0 fully saturated rings. The van der Waals surface area contributed by atoms with Crippen molar-refractivity contribution in [2.45, 2.75) is 6.54 Å². The molecule has 0 amide bonds. The molecule has 2 aromatic rings. The van der Waals surface area contributed by atoms with Crippen LogP contribution >= 0.6 is 0 Å². The van der Waals surface area contributed by atoms with E-state index >= 15 is 0 Å². The predicted octanol–water partition coefficient (Wildman–Crippen LogP) is 0.507. The number of nitrogens with zero attached hydrogens (tertiary/aromatic N) is 3. The molecular weight excluding hydrogens is 278 g/mol. The Hall–Kier alpha value is -1.89. The van der Waals surface area contributed by atoms with Crippen molar-refractivity contribution >= 4 is 26.3 Å². The van der Waals surface area contributed by atoms with Crippen molar-refractivity contribution in [3.05, 3.63) is 34.7 Å². The minimum absolute atomic E-state index is 0.0725. The summed E-state index contributed by atoms with van der Waals surface area (Å²) in [6, 6.07) is 5.47. The molecule has 20 heavy (non-hydrogen) atoms. The molecule has 0 aliphatic heterocycles. The van der Waals surface area contributed by atoms with Gasteiger partial charge in [0.25, 0.3) is 5.56 Å². The van der Waals surface area contributed by atoms with Gasteiger partial charge >= 0.3 is 0 Å². The molecule has 0 unspecified atom stereocenters. The fourth-order valence-corrected chi connectivity index (χ4v) is 2.37. The molecule has 0 aliphatic carbocycles. The molecule has 0 saturated heterocycles. The van der Waals surface area contributed by atoms with Gasteiger partial charge in [-0.25, -0.2) is 13.1 Å². The molecule has 1 heterocycles. The van der Waals surface area contributed by atoms with Crippen LogP contribution in [0.3, 0.4) is 0 Å². The molecule has 2 rings (SSSR count). The largest absolute Gasteiger partial charge is 0.378 e. The Labute approximate surface area is 117 Å². The van der Waals surface area contributed by atoms with Crippen molar-refractivity contribution in [2.75, 3.05) is 31.0 Å². The van der Waals surface area contributed by atoms with Crippen LogP contribution in [0.25, 0.3) is 10.8 Å². The Morgan fingerprint density at radius 2 is 2.00 bits per heavy atom. The maximum atomic E-state index is 12.2. The van der Waals surface area contributed by atoms with Crippen molar-refractivity contribution in [1.29, 1.82) is 0 Å². The van der Waals surface area contributed by atoms with Crippen LogP contribution in [0.15, 0.2) is 29.2 Å². The Morgan fingerprint density at radius 1 is 1.30 bits per heavy atom. The maximum absolute atomic E-state index is 12.2. The summed E-state index contributed by atoms with van der Waals surface area (Å²) in [4.78, 5) is 14.2. The van der Waals surface area contributed by atoms with E-state index in [9.17, 15) is 13.2 Å². The quantitative estimate of drug-likeness (QED) is 0.821. The molecule has 0 aliphatic rings. The Balaban J connectivity index is 2.44. The fourth-order valence-electron chi connectivity index (χ4n) is 1.86. The Morgan fingerprint density at radius 3 is 2.60 bits per heavy atom. The molecule has 0 spiro atoms. The zero-order valence-electron chi connectivity index (χ0n) is 11.7. The number of hydrogen-bond acceptors (Lipinski definition) is 5. The average molecular weight is 295 g/mol. The SMILES string of the molecule is CN(C)c1ccc2c(=O)n(CCS(C)(=O)=O)ncc2c1. The van der Waals surface area contributed by atoms with Crippen LogP contribution in [-0.4, -0.2) is 44.3 Å². The molecular formula is C13H17N3O3S. The fraction of sp³-hybridized carbons (Fsp3) is 0.385. The van der Waals surface area contributed by atoms with Gasteiger partial charge < -0.3 is 4.90 Å². The summed E-state index contributed by atoms with van der Waals surface area (Å²) in [6.45, 7) is 0.0725. The third-order valence-electron chi connectivity index (χ3n) is 3.03. The lowest BCUT2D eigenvalue weighted by Crippen LogP contribution is -2.26. The highest BCUT2D eigenvalue weighted by atomic mass is 32.2. The predicted molar refractivity (Wildman–Crippen MR) is 80.0 cm³/mol. The highest BCUT2D eigenvalue weighted by molar-refractivity contribution is 7.90. The molecule has 0 N–H and O–H groups in total. The van der Waals surface area contributed by atoms with Crippen molar-refractivity contribution in [3.63, 3.8) is 0 Å². The summed E-state index contributed by atoms with van der Waals surface area (Å²) in [6.07, 6.45) is 2.73. The second-order valence-electron chi connectivity index (χ2n) is 4.97. The van der Waals surface area contributed by atoms with Gasteiger partial charge in [0.1, 0.15) is 9.84 Å². The molecule has 1 aromatic carbocycles. The van der Waals surface area contributed by atoms with Crippen molar-refractivity contribution in [1.82, 2.24) is 9.78 Å². The van der Waals surface area contributed by atoms with Gasteiger partial charge in [0.2, 0.25) is 0 Å². The highest BCUT2D eigenvalue weighted by Crippen LogP contribution is 2.17. The summed E-state index contributed by atoms with van der Waals surface area (Å²) >= 11 is 0. The van der Waals surface area contributed by atoms with Crippen molar-refractivity contribution < 1.29 is 8.42 Å². The third kappa shape index (κ3) is 3.16. The number of hydrogen-bond donors (Lipinski definition) is 0. The van der Waals surface area contributed by atoms with Crippen LogP contribution < -0.4 is 10.5 Å². The zero-order chi connectivity index (χ0) is 14.9. The molecule has 7 heteroatoms. The van der Waals surface area contributed by atoms with Crippen LogP contribution in [-0.2, 0) is 16.4 Å². The van der Waals surface area contributed by atoms with E-state index in [-0.39, 0.29) is 17.9 Å². The van der Waals surface area contributed by atoms with Gasteiger partial charge in [-0.15, -0.1) is 0 Å². The number of aromatic nitrogens is 2. The van der Waals surface area contributed by atoms with Crippen LogP contribution in [0.1, 0.15) is 0 Å². The molecule has 0 saturated carbocycles. The Bertz CT molecular complexity index is 794. The molecule has 0 radical (unpaired) electrons. The second kappa shape index (κ2) is 5.24. The van der Waals surface area contributed by atoms with Gasteiger partial charge in [-0.1, -0.05) is 0 Å². The number of benzene rings is 1. The zero-order valence-corrected chi connectivity index (χ0v) is 12.5. The minimum atomic E-state index is -3.12. The van der Waals surface area contributed by atoms with Crippen molar-refractivity contribution in [3.8, 4) is 0 Å². The maximum Gasteiger partial charge on any atom is 0.274 e. The lowest BCUT2D eigenvalue weighted by atomic mass is 10.2. The first-order chi connectivity index (χ1) is 9.28. The van der Waals surface area contributed by atoms with E-state index in [1.807, 2.05) is 31.1 Å². The monoisotopic (exact) mass is 295 g/mol. The molecule has 108 valence electrons. The van der Waals surface area contributed by atoms with Gasteiger partial charge in [-0.3, -0.25) is 4.79 Å². The van der Waals surface area contributed by atoms with E-state index in [0.717, 1.165) is 17.3 Å². The summed E-state index contributed by atoms with van der Waals surface area (Å²) in [5.41, 5.74) is 0.712. The van der Waals surface area contributed by atoms with Gasteiger partial charge in [0, 0.05) is 31.4 Å². The average Bonchev–Trinajstić information content (AvgIpc) is 2.36. The molecule has 6 nitrogen and oxygen atoms in total. The van der Waals surface area contributed by atoms with Crippen LogP contribution in [0.4, 0.5) is 5.69 Å². The van der Waals surface area contributed by atoms with E-state index in [0.29, 0.717) is 5.39 Å². The van der Waals surface area contributed by atoms with Gasteiger partial charge in [-0.05, 0) is 18.2 Å². The first-order valence-electron chi connectivity index (χ1n) is 6.13. The molecule has 0 bridgehead atoms. The topological polar surface area (TPSA) is 72.3 Å². The first kappa shape index (κ1) is 14.5. The number of sulfone groups is 1. The summed E-state index contributed by atoms with van der Waals surface area (Å²) in [5.74, 6) is -0.0960. The van der Waals surface area contributed by atoms with Crippen LogP contribution in [0, 0.1) is 0 Å². The number of rotatable bonds is 4. The number of aryl methyl sites for hydroxylation is 1. The van der Waals surface area contributed by atoms with E-state index in [2.05, 4.69) is 5.10 Å². The number of anilines is 1. The summed E-state index contributed by atoms with van der Waals surface area (Å²) < 4.78 is 23.5. The number of fused-ring (bicyclic) bond motifs is 1. The molecule has 1 aromatic heterocycles. The van der Waals surface area contributed by atoms with E-state index < -0.39 is 9.84 Å². The first-order valence-corrected chi connectivity index (χ1v) is 8.19. The van der Waals surface area contributed by atoms with Crippen LogP contribution in [0.5, 0.6) is 0 Å². The van der Waals surface area contributed by atoms with Gasteiger partial charge in [-0.2, -0.15) is 5.10 Å². The standard InChI is InChI=1S/C13H17N3O3S/c1-15(2)11-4-5-12-10(8-11)9-14-16(13(12)17)6-7-20(3,18)19/h4-5,8-9H,6-7H2,1-3H3. The van der Waals surface area contributed by atoms with E-state index in [4.69, 9.17) is 0 Å². The Kier molecular flexibility index (Phi) is 3.80. The van der Waals surface area contributed by atoms with Gasteiger partial charge in [0.05, 0.1) is 23.9 Å². The normalized spacial score (nSPS) is 11.8. The molecule has 0 atom stereocenters.